The van der Waals surface area contributed by atoms with Crippen LogP contribution in [0.3, 0.4) is 0 Å². The van der Waals surface area contributed by atoms with Gasteiger partial charge in [-0.25, -0.2) is 9.78 Å². The molecule has 92 valence electrons. The van der Waals surface area contributed by atoms with Crippen molar-refractivity contribution in [2.24, 2.45) is 5.92 Å². The molecular formula is C13H18N2O2. The molecule has 0 bridgehead atoms. The topological polar surface area (TPSA) is 53.4 Å². The number of hydrogen-bond donors (Lipinski definition) is 1. The van der Waals surface area contributed by atoms with E-state index >= 15 is 0 Å². The number of aryl methyl sites for hydroxylation is 1. The molecule has 17 heavy (non-hydrogen) atoms. The molecule has 0 saturated carbocycles. The average molecular weight is 234 g/mol. The Hall–Kier alpha value is -1.58. The van der Waals surface area contributed by atoms with Crippen molar-refractivity contribution in [2.75, 3.05) is 18.0 Å². The first-order chi connectivity index (χ1) is 8.06. The van der Waals surface area contributed by atoms with Gasteiger partial charge in [0.25, 0.3) is 0 Å². The summed E-state index contributed by atoms with van der Waals surface area (Å²) >= 11 is 0. The van der Waals surface area contributed by atoms with Crippen LogP contribution in [0.4, 0.5) is 5.82 Å². The normalized spacial score (nSPS) is 17.2. The van der Waals surface area contributed by atoms with Crippen molar-refractivity contribution in [3.63, 3.8) is 0 Å². The summed E-state index contributed by atoms with van der Waals surface area (Å²) in [6.45, 7) is 6.03. The zero-order valence-electron chi connectivity index (χ0n) is 10.3. The SMILES string of the molecule is Cc1cc(C(=O)O)cc(N2CCC(C)CC2)n1. The van der Waals surface area contributed by atoms with Gasteiger partial charge in [-0.2, -0.15) is 0 Å². The number of carboxylic acid groups (broad SMARTS) is 1. The Morgan fingerprint density at radius 3 is 2.65 bits per heavy atom. The molecule has 2 rings (SSSR count). The largest absolute Gasteiger partial charge is 0.478 e. The maximum absolute atomic E-state index is 11.0. The van der Waals surface area contributed by atoms with Crippen LogP contribution in [0.5, 0.6) is 0 Å². The molecule has 1 fully saturated rings. The molecule has 0 amide bonds. The summed E-state index contributed by atoms with van der Waals surface area (Å²) in [5.74, 6) is 0.673. The van der Waals surface area contributed by atoms with Crippen molar-refractivity contribution in [1.82, 2.24) is 4.98 Å². The zero-order chi connectivity index (χ0) is 12.4. The van der Waals surface area contributed by atoms with Crippen molar-refractivity contribution in [1.29, 1.82) is 0 Å². The molecule has 1 N–H and O–H groups in total. The predicted octanol–water partition coefficient (Wildman–Crippen LogP) is 2.32. The lowest BCUT2D eigenvalue weighted by molar-refractivity contribution is 0.0696. The molecule has 4 heteroatoms. The van der Waals surface area contributed by atoms with Crippen LogP contribution in [0.1, 0.15) is 35.8 Å². The monoisotopic (exact) mass is 234 g/mol. The highest BCUT2D eigenvalue weighted by molar-refractivity contribution is 5.88. The minimum atomic E-state index is -0.887. The molecule has 4 nitrogen and oxygen atoms in total. The first-order valence-corrected chi connectivity index (χ1v) is 6.03. The van der Waals surface area contributed by atoms with Gasteiger partial charge in [0.15, 0.2) is 0 Å². The smallest absolute Gasteiger partial charge is 0.335 e. The van der Waals surface area contributed by atoms with E-state index in [-0.39, 0.29) is 0 Å². The second-order valence-electron chi connectivity index (χ2n) is 4.83. The van der Waals surface area contributed by atoms with Crippen LogP contribution in [0.25, 0.3) is 0 Å². The van der Waals surface area contributed by atoms with Crippen LogP contribution in [0.2, 0.25) is 0 Å². The molecule has 0 radical (unpaired) electrons. The number of carbonyl (C=O) groups is 1. The third-order valence-electron chi connectivity index (χ3n) is 3.29. The van der Waals surface area contributed by atoms with Gasteiger partial charge >= 0.3 is 5.97 Å². The van der Waals surface area contributed by atoms with Gasteiger partial charge < -0.3 is 10.0 Å². The number of rotatable bonds is 2. The second-order valence-corrected chi connectivity index (χ2v) is 4.83. The van der Waals surface area contributed by atoms with Crippen LogP contribution < -0.4 is 4.90 Å². The van der Waals surface area contributed by atoms with E-state index in [1.165, 1.54) is 0 Å². The van der Waals surface area contributed by atoms with E-state index in [2.05, 4.69) is 16.8 Å². The lowest BCUT2D eigenvalue weighted by Crippen LogP contribution is -2.33. The number of aromatic carboxylic acids is 1. The molecule has 1 aliphatic heterocycles. The fourth-order valence-electron chi connectivity index (χ4n) is 2.17. The first-order valence-electron chi connectivity index (χ1n) is 6.03. The first kappa shape index (κ1) is 11.9. The molecule has 0 aliphatic carbocycles. The van der Waals surface area contributed by atoms with Crippen molar-refractivity contribution in [2.45, 2.75) is 26.7 Å². The zero-order valence-corrected chi connectivity index (χ0v) is 10.3. The van der Waals surface area contributed by atoms with E-state index in [1.54, 1.807) is 12.1 Å². The highest BCUT2D eigenvalue weighted by Gasteiger charge is 2.18. The third-order valence-corrected chi connectivity index (χ3v) is 3.29. The highest BCUT2D eigenvalue weighted by atomic mass is 16.4. The minimum absolute atomic E-state index is 0.325. The van der Waals surface area contributed by atoms with Gasteiger partial charge in [-0.3, -0.25) is 0 Å². The van der Waals surface area contributed by atoms with Crippen molar-refractivity contribution >= 4 is 11.8 Å². The predicted molar refractivity (Wildman–Crippen MR) is 66.5 cm³/mol. The van der Waals surface area contributed by atoms with Crippen molar-refractivity contribution < 1.29 is 9.90 Å². The standard InChI is InChI=1S/C13H18N2O2/c1-9-3-5-15(6-4-9)12-8-11(13(16)17)7-10(2)14-12/h7-9H,3-6H2,1-2H3,(H,16,17). The molecular weight excluding hydrogens is 216 g/mol. The Balaban J connectivity index is 2.23. The van der Waals surface area contributed by atoms with Gasteiger partial charge in [-0.1, -0.05) is 6.92 Å². The maximum atomic E-state index is 11.0. The average Bonchev–Trinajstić information content (AvgIpc) is 2.29. The number of nitrogens with zero attached hydrogens (tertiary/aromatic N) is 2. The van der Waals surface area contributed by atoms with Crippen LogP contribution in [0.15, 0.2) is 12.1 Å². The van der Waals surface area contributed by atoms with Crippen molar-refractivity contribution in [3.8, 4) is 0 Å². The number of carboxylic acids is 1. The summed E-state index contributed by atoms with van der Waals surface area (Å²) in [7, 11) is 0. The molecule has 2 heterocycles. The Bertz CT molecular complexity index is 423. The lowest BCUT2D eigenvalue weighted by Gasteiger charge is -2.31. The number of pyridine rings is 1. The van der Waals surface area contributed by atoms with Crippen LogP contribution in [-0.2, 0) is 0 Å². The molecule has 1 aromatic rings. The van der Waals surface area contributed by atoms with E-state index in [0.29, 0.717) is 5.56 Å². The molecule has 1 aromatic heterocycles. The van der Waals surface area contributed by atoms with E-state index in [4.69, 9.17) is 5.11 Å². The van der Waals surface area contributed by atoms with Gasteiger partial charge in [-0.15, -0.1) is 0 Å². The fourth-order valence-corrected chi connectivity index (χ4v) is 2.17. The van der Waals surface area contributed by atoms with Gasteiger partial charge in [0.1, 0.15) is 5.82 Å². The summed E-state index contributed by atoms with van der Waals surface area (Å²) in [5.41, 5.74) is 1.09. The number of aromatic nitrogens is 1. The van der Waals surface area contributed by atoms with Gasteiger partial charge in [-0.05, 0) is 37.8 Å². The Labute approximate surface area is 101 Å². The molecule has 1 saturated heterocycles. The maximum Gasteiger partial charge on any atom is 0.335 e. The molecule has 0 atom stereocenters. The Morgan fingerprint density at radius 1 is 1.41 bits per heavy atom. The third kappa shape index (κ3) is 2.75. The lowest BCUT2D eigenvalue weighted by atomic mass is 9.99. The van der Waals surface area contributed by atoms with Crippen LogP contribution in [0, 0.1) is 12.8 Å². The van der Waals surface area contributed by atoms with E-state index in [1.807, 2.05) is 6.92 Å². The molecule has 0 aromatic carbocycles. The highest BCUT2D eigenvalue weighted by Crippen LogP contribution is 2.22. The van der Waals surface area contributed by atoms with Gasteiger partial charge in [0, 0.05) is 18.8 Å². The van der Waals surface area contributed by atoms with Gasteiger partial charge in [0.05, 0.1) is 5.56 Å². The van der Waals surface area contributed by atoms with E-state index in [9.17, 15) is 4.79 Å². The Morgan fingerprint density at radius 2 is 2.06 bits per heavy atom. The number of anilines is 1. The summed E-state index contributed by atoms with van der Waals surface area (Å²) in [6, 6.07) is 3.28. The molecule has 0 spiro atoms. The summed E-state index contributed by atoms with van der Waals surface area (Å²) < 4.78 is 0. The van der Waals surface area contributed by atoms with Crippen LogP contribution >= 0.6 is 0 Å². The quantitative estimate of drug-likeness (QED) is 0.853. The summed E-state index contributed by atoms with van der Waals surface area (Å²) in [6.07, 6.45) is 2.30. The Kier molecular flexibility index (Phi) is 3.31. The summed E-state index contributed by atoms with van der Waals surface area (Å²) in [4.78, 5) is 17.6. The number of hydrogen-bond acceptors (Lipinski definition) is 3. The van der Waals surface area contributed by atoms with E-state index < -0.39 is 5.97 Å². The van der Waals surface area contributed by atoms with Crippen LogP contribution in [-0.4, -0.2) is 29.1 Å². The molecule has 1 aliphatic rings. The molecule has 0 unspecified atom stereocenters. The second kappa shape index (κ2) is 4.73. The van der Waals surface area contributed by atoms with Crippen molar-refractivity contribution in [3.05, 3.63) is 23.4 Å². The fraction of sp³-hybridized carbons (Fsp3) is 0.538. The number of piperidine rings is 1. The van der Waals surface area contributed by atoms with E-state index in [0.717, 1.165) is 43.4 Å². The van der Waals surface area contributed by atoms with Gasteiger partial charge in [0.2, 0.25) is 0 Å². The summed E-state index contributed by atoms with van der Waals surface area (Å²) in [5, 5.41) is 9.03. The minimum Gasteiger partial charge on any atom is -0.478 e.